The third kappa shape index (κ3) is 2.39. The van der Waals surface area contributed by atoms with Crippen molar-refractivity contribution in [1.82, 2.24) is 9.59 Å². The smallest absolute Gasteiger partial charge is 0.206 e. The van der Waals surface area contributed by atoms with E-state index in [0.29, 0.717) is 16.1 Å². The standard InChI is InChI=1S/C12H11FN2OS/c1-7(2)10-12(17-15-14-10)11(16)8-4-3-5-9(13)6-8/h3-7H,1-2H3. The van der Waals surface area contributed by atoms with Gasteiger partial charge in [0.1, 0.15) is 10.7 Å². The van der Waals surface area contributed by atoms with Crippen LogP contribution >= 0.6 is 11.5 Å². The summed E-state index contributed by atoms with van der Waals surface area (Å²) < 4.78 is 16.8. The van der Waals surface area contributed by atoms with Crippen LogP contribution in [0.3, 0.4) is 0 Å². The second-order valence-corrected chi connectivity index (χ2v) is 4.74. The number of carbonyl (C=O) groups excluding carboxylic acids is 1. The zero-order valence-electron chi connectivity index (χ0n) is 9.48. The fourth-order valence-electron chi connectivity index (χ4n) is 1.49. The molecule has 0 saturated heterocycles. The minimum absolute atomic E-state index is 0.126. The number of benzene rings is 1. The van der Waals surface area contributed by atoms with Crippen LogP contribution in [0.5, 0.6) is 0 Å². The molecule has 17 heavy (non-hydrogen) atoms. The molecule has 0 aliphatic heterocycles. The lowest BCUT2D eigenvalue weighted by Gasteiger charge is -2.03. The maximum atomic E-state index is 13.0. The second-order valence-electron chi connectivity index (χ2n) is 3.98. The van der Waals surface area contributed by atoms with Gasteiger partial charge in [0.15, 0.2) is 0 Å². The largest absolute Gasteiger partial charge is 0.288 e. The monoisotopic (exact) mass is 250 g/mol. The molecule has 0 atom stereocenters. The van der Waals surface area contributed by atoms with Crippen LogP contribution in [0.25, 0.3) is 0 Å². The molecule has 2 rings (SSSR count). The van der Waals surface area contributed by atoms with Gasteiger partial charge in [0.05, 0.1) is 5.69 Å². The molecule has 88 valence electrons. The van der Waals surface area contributed by atoms with Crippen LogP contribution < -0.4 is 0 Å². The highest BCUT2D eigenvalue weighted by molar-refractivity contribution is 7.08. The molecule has 0 fully saturated rings. The molecular weight excluding hydrogens is 239 g/mol. The van der Waals surface area contributed by atoms with E-state index in [2.05, 4.69) is 9.59 Å². The van der Waals surface area contributed by atoms with Crippen molar-refractivity contribution in [2.75, 3.05) is 0 Å². The molecule has 3 nitrogen and oxygen atoms in total. The van der Waals surface area contributed by atoms with Crippen LogP contribution in [-0.4, -0.2) is 15.4 Å². The quantitative estimate of drug-likeness (QED) is 0.786. The lowest BCUT2D eigenvalue weighted by molar-refractivity contribution is 0.104. The highest BCUT2D eigenvalue weighted by Gasteiger charge is 2.20. The van der Waals surface area contributed by atoms with Crippen molar-refractivity contribution >= 4 is 17.3 Å². The molecule has 0 bridgehead atoms. The SMILES string of the molecule is CC(C)c1nnsc1C(=O)c1cccc(F)c1. The zero-order chi connectivity index (χ0) is 12.4. The van der Waals surface area contributed by atoms with E-state index in [1.807, 2.05) is 13.8 Å². The fourth-order valence-corrected chi connectivity index (χ4v) is 2.27. The Hall–Kier alpha value is -1.62. The van der Waals surface area contributed by atoms with Crippen molar-refractivity contribution < 1.29 is 9.18 Å². The highest BCUT2D eigenvalue weighted by Crippen LogP contribution is 2.22. The molecular formula is C12H11FN2OS. The van der Waals surface area contributed by atoms with Gasteiger partial charge in [0, 0.05) is 5.56 Å². The summed E-state index contributed by atoms with van der Waals surface area (Å²) in [5.74, 6) is -0.510. The summed E-state index contributed by atoms with van der Waals surface area (Å²) in [5.41, 5.74) is 1.00. The Morgan fingerprint density at radius 1 is 1.41 bits per heavy atom. The molecule has 0 aliphatic carbocycles. The third-order valence-electron chi connectivity index (χ3n) is 2.35. The first-order valence-corrected chi connectivity index (χ1v) is 5.99. The van der Waals surface area contributed by atoms with Crippen molar-refractivity contribution in [2.45, 2.75) is 19.8 Å². The summed E-state index contributed by atoms with van der Waals surface area (Å²) in [6, 6.07) is 5.65. The summed E-state index contributed by atoms with van der Waals surface area (Å²) in [7, 11) is 0. The van der Waals surface area contributed by atoms with E-state index >= 15 is 0 Å². The van der Waals surface area contributed by atoms with Gasteiger partial charge in [-0.25, -0.2) is 4.39 Å². The van der Waals surface area contributed by atoms with Gasteiger partial charge in [-0.3, -0.25) is 4.79 Å². The second kappa shape index (κ2) is 4.71. The number of carbonyl (C=O) groups is 1. The van der Waals surface area contributed by atoms with Crippen molar-refractivity contribution in [3.8, 4) is 0 Å². The Morgan fingerprint density at radius 3 is 2.82 bits per heavy atom. The van der Waals surface area contributed by atoms with Crippen molar-refractivity contribution in [1.29, 1.82) is 0 Å². The van der Waals surface area contributed by atoms with Crippen LogP contribution in [0.1, 0.15) is 40.7 Å². The molecule has 0 aliphatic rings. The van der Waals surface area contributed by atoms with Gasteiger partial charge in [-0.15, -0.1) is 5.10 Å². The highest BCUT2D eigenvalue weighted by atomic mass is 32.1. The minimum Gasteiger partial charge on any atom is -0.288 e. The van der Waals surface area contributed by atoms with Crippen LogP contribution in [0, 0.1) is 5.82 Å². The minimum atomic E-state index is -0.417. The molecule has 0 spiro atoms. The van der Waals surface area contributed by atoms with E-state index in [-0.39, 0.29) is 11.7 Å². The Labute approximate surface area is 102 Å². The summed E-state index contributed by atoms with van der Waals surface area (Å²) in [6.45, 7) is 3.89. The van der Waals surface area contributed by atoms with Gasteiger partial charge < -0.3 is 0 Å². The van der Waals surface area contributed by atoms with Crippen molar-refractivity contribution in [2.24, 2.45) is 0 Å². The van der Waals surface area contributed by atoms with Crippen LogP contribution in [0.4, 0.5) is 4.39 Å². The van der Waals surface area contributed by atoms with E-state index in [9.17, 15) is 9.18 Å². The van der Waals surface area contributed by atoms with E-state index in [1.165, 1.54) is 18.2 Å². The molecule has 1 heterocycles. The number of hydrogen-bond donors (Lipinski definition) is 0. The summed E-state index contributed by atoms with van der Waals surface area (Å²) in [4.78, 5) is 12.6. The number of rotatable bonds is 3. The predicted octanol–water partition coefficient (Wildman–Crippen LogP) is 3.03. The average molecular weight is 250 g/mol. The Morgan fingerprint density at radius 2 is 2.18 bits per heavy atom. The van der Waals surface area contributed by atoms with Crippen LogP contribution in [0.15, 0.2) is 24.3 Å². The first-order valence-electron chi connectivity index (χ1n) is 5.22. The normalized spacial score (nSPS) is 10.8. The molecule has 0 N–H and O–H groups in total. The predicted molar refractivity (Wildman–Crippen MR) is 63.8 cm³/mol. The fraction of sp³-hybridized carbons (Fsp3) is 0.250. The Kier molecular flexibility index (Phi) is 3.28. The number of nitrogens with zero attached hydrogens (tertiary/aromatic N) is 2. The molecule has 2 aromatic rings. The number of ketones is 1. The summed E-state index contributed by atoms with van der Waals surface area (Å²) in [5, 5.41) is 3.94. The Bertz CT molecular complexity index is 551. The lowest BCUT2D eigenvalue weighted by atomic mass is 10.0. The van der Waals surface area contributed by atoms with Gasteiger partial charge in [0.25, 0.3) is 0 Å². The molecule has 1 aromatic heterocycles. The van der Waals surface area contributed by atoms with Crippen LogP contribution in [-0.2, 0) is 0 Å². The van der Waals surface area contributed by atoms with Gasteiger partial charge in [-0.1, -0.05) is 30.5 Å². The van der Waals surface area contributed by atoms with Crippen molar-refractivity contribution in [3.63, 3.8) is 0 Å². The average Bonchev–Trinajstić information content (AvgIpc) is 2.77. The molecule has 0 saturated carbocycles. The molecule has 0 radical (unpaired) electrons. The van der Waals surface area contributed by atoms with E-state index in [1.54, 1.807) is 6.07 Å². The zero-order valence-corrected chi connectivity index (χ0v) is 10.3. The van der Waals surface area contributed by atoms with Gasteiger partial charge in [-0.05, 0) is 29.6 Å². The molecule has 0 unspecified atom stereocenters. The number of hydrogen-bond acceptors (Lipinski definition) is 4. The van der Waals surface area contributed by atoms with Gasteiger partial charge >= 0.3 is 0 Å². The molecule has 5 heteroatoms. The molecule has 0 amide bonds. The third-order valence-corrected chi connectivity index (χ3v) is 3.09. The van der Waals surface area contributed by atoms with E-state index in [4.69, 9.17) is 0 Å². The topological polar surface area (TPSA) is 42.9 Å². The number of halogens is 1. The molecule has 1 aromatic carbocycles. The Balaban J connectivity index is 2.41. The first kappa shape index (κ1) is 11.9. The summed E-state index contributed by atoms with van der Waals surface area (Å²) >= 11 is 1.05. The van der Waals surface area contributed by atoms with Gasteiger partial charge in [0.2, 0.25) is 5.78 Å². The van der Waals surface area contributed by atoms with Gasteiger partial charge in [-0.2, -0.15) is 0 Å². The lowest BCUT2D eigenvalue weighted by Crippen LogP contribution is -2.04. The summed E-state index contributed by atoms with van der Waals surface area (Å²) in [6.07, 6.45) is 0. The van der Waals surface area contributed by atoms with Crippen LogP contribution in [0.2, 0.25) is 0 Å². The van der Waals surface area contributed by atoms with E-state index < -0.39 is 5.82 Å². The maximum Gasteiger partial charge on any atom is 0.206 e. The maximum absolute atomic E-state index is 13.0. The first-order chi connectivity index (χ1) is 8.09. The van der Waals surface area contributed by atoms with E-state index in [0.717, 1.165) is 11.5 Å². The number of aromatic nitrogens is 2. The van der Waals surface area contributed by atoms with Crippen molar-refractivity contribution in [3.05, 3.63) is 46.2 Å².